The molecule has 0 aliphatic heterocycles. The van der Waals surface area contributed by atoms with Crippen LogP contribution in [0.25, 0.3) is 22.3 Å². The molecule has 0 aromatic heterocycles. The lowest BCUT2D eigenvalue weighted by Crippen LogP contribution is -2.06. The number of sulfone groups is 1. The van der Waals surface area contributed by atoms with E-state index in [0.717, 1.165) is 11.1 Å². The van der Waals surface area contributed by atoms with Gasteiger partial charge in [-0.2, -0.15) is 0 Å². The van der Waals surface area contributed by atoms with Gasteiger partial charge in [-0.05, 0) is 82.9 Å². The van der Waals surface area contributed by atoms with E-state index in [-0.39, 0.29) is 21.3 Å². The fraction of sp³-hybridized carbons (Fsp3) is 0.0526. The standard InChI is InChI=1S/C38H30O6S/c39-31-15-21-37(35(23-31)29-11-17-33(18-12-29)43-25-27-7-3-1-4-8-27)45(41,42)38-22-16-32(40)24-36(38)30-13-19-34(20-14-30)44-26-28-9-5-2-6-10-28/h1-24,39-40H,25-26H2. The first-order chi connectivity index (χ1) is 21.9. The van der Waals surface area contributed by atoms with E-state index in [4.69, 9.17) is 9.47 Å². The van der Waals surface area contributed by atoms with Crippen LogP contribution in [0.5, 0.6) is 23.0 Å². The normalized spacial score (nSPS) is 11.2. The van der Waals surface area contributed by atoms with Gasteiger partial charge in [-0.3, -0.25) is 0 Å². The highest BCUT2D eigenvalue weighted by Gasteiger charge is 2.26. The van der Waals surface area contributed by atoms with Crippen molar-refractivity contribution in [2.24, 2.45) is 0 Å². The number of benzene rings is 6. The SMILES string of the molecule is O=S(=O)(c1ccc(O)cc1-c1ccc(OCc2ccccc2)cc1)c1ccc(O)cc1-c1ccc(OCc2ccccc2)cc1. The van der Waals surface area contributed by atoms with Gasteiger partial charge in [0.2, 0.25) is 9.84 Å². The van der Waals surface area contributed by atoms with E-state index in [0.29, 0.717) is 47.0 Å². The van der Waals surface area contributed by atoms with E-state index in [1.165, 1.54) is 36.4 Å². The predicted molar refractivity (Wildman–Crippen MR) is 174 cm³/mol. The molecule has 0 atom stereocenters. The van der Waals surface area contributed by atoms with Crippen molar-refractivity contribution in [1.29, 1.82) is 0 Å². The molecular weight excluding hydrogens is 584 g/mol. The molecule has 7 heteroatoms. The summed E-state index contributed by atoms with van der Waals surface area (Å²) in [6.07, 6.45) is 0. The van der Waals surface area contributed by atoms with Crippen LogP contribution in [0.15, 0.2) is 155 Å². The smallest absolute Gasteiger partial charge is 0.207 e. The molecule has 2 N–H and O–H groups in total. The van der Waals surface area contributed by atoms with E-state index in [1.54, 1.807) is 48.5 Å². The molecule has 0 bridgehead atoms. The second kappa shape index (κ2) is 13.0. The molecule has 0 spiro atoms. The van der Waals surface area contributed by atoms with Crippen LogP contribution in [-0.2, 0) is 23.1 Å². The third-order valence-electron chi connectivity index (χ3n) is 7.33. The quantitative estimate of drug-likeness (QED) is 0.161. The van der Waals surface area contributed by atoms with Crippen LogP contribution in [0.3, 0.4) is 0 Å². The minimum atomic E-state index is -4.13. The molecule has 0 radical (unpaired) electrons. The highest BCUT2D eigenvalue weighted by molar-refractivity contribution is 7.91. The second-order valence-electron chi connectivity index (χ2n) is 10.5. The van der Waals surface area contributed by atoms with Crippen molar-refractivity contribution in [3.8, 4) is 45.3 Å². The van der Waals surface area contributed by atoms with E-state index >= 15 is 0 Å². The Balaban J connectivity index is 1.30. The largest absolute Gasteiger partial charge is 0.508 e. The van der Waals surface area contributed by atoms with Crippen LogP contribution in [0.1, 0.15) is 11.1 Å². The van der Waals surface area contributed by atoms with Gasteiger partial charge in [-0.15, -0.1) is 0 Å². The Hall–Kier alpha value is -5.53. The first kappa shape index (κ1) is 29.5. The fourth-order valence-electron chi connectivity index (χ4n) is 5.02. The average molecular weight is 615 g/mol. The minimum Gasteiger partial charge on any atom is -0.508 e. The summed E-state index contributed by atoms with van der Waals surface area (Å²) in [5.41, 5.74) is 3.93. The first-order valence-electron chi connectivity index (χ1n) is 14.3. The van der Waals surface area contributed by atoms with Gasteiger partial charge in [-0.25, -0.2) is 8.42 Å². The molecular formula is C38H30O6S. The molecule has 0 aliphatic rings. The maximum atomic E-state index is 14.3. The van der Waals surface area contributed by atoms with Gasteiger partial charge in [0, 0.05) is 11.1 Å². The number of phenolic OH excluding ortho intramolecular Hbond substituents is 2. The molecule has 224 valence electrons. The van der Waals surface area contributed by atoms with Crippen molar-refractivity contribution in [2.45, 2.75) is 23.0 Å². The van der Waals surface area contributed by atoms with Gasteiger partial charge in [0.05, 0.1) is 9.79 Å². The van der Waals surface area contributed by atoms with Crippen LogP contribution < -0.4 is 9.47 Å². The molecule has 6 nitrogen and oxygen atoms in total. The number of aromatic hydroxyl groups is 2. The van der Waals surface area contributed by atoms with Gasteiger partial charge in [-0.1, -0.05) is 84.9 Å². The Morgan fingerprint density at radius 1 is 0.467 bits per heavy atom. The molecule has 0 unspecified atom stereocenters. The molecule has 0 heterocycles. The maximum absolute atomic E-state index is 14.3. The van der Waals surface area contributed by atoms with Crippen LogP contribution >= 0.6 is 0 Å². The van der Waals surface area contributed by atoms with Gasteiger partial charge in [0.15, 0.2) is 0 Å². The maximum Gasteiger partial charge on any atom is 0.207 e. The van der Waals surface area contributed by atoms with Crippen molar-refractivity contribution in [3.05, 3.63) is 157 Å². The predicted octanol–water partition coefficient (Wildman–Crippen LogP) is 8.42. The third-order valence-corrected chi connectivity index (χ3v) is 9.20. The zero-order valence-corrected chi connectivity index (χ0v) is 25.0. The summed E-state index contributed by atoms with van der Waals surface area (Å²) >= 11 is 0. The molecule has 0 fully saturated rings. The van der Waals surface area contributed by atoms with Gasteiger partial charge < -0.3 is 19.7 Å². The molecule has 45 heavy (non-hydrogen) atoms. The van der Waals surface area contributed by atoms with Crippen molar-refractivity contribution in [1.82, 2.24) is 0 Å². The topological polar surface area (TPSA) is 93.1 Å². The Labute approximate surface area is 262 Å². The number of ether oxygens (including phenoxy) is 2. The summed E-state index contributed by atoms with van der Waals surface area (Å²) in [6.45, 7) is 0.797. The summed E-state index contributed by atoms with van der Waals surface area (Å²) in [4.78, 5) is 0.0426. The van der Waals surface area contributed by atoms with Gasteiger partial charge in [0.1, 0.15) is 36.2 Å². The lowest BCUT2D eigenvalue weighted by molar-refractivity contribution is 0.306. The van der Waals surface area contributed by atoms with Gasteiger partial charge in [0.25, 0.3) is 0 Å². The highest BCUT2D eigenvalue weighted by Crippen LogP contribution is 2.39. The van der Waals surface area contributed by atoms with Crippen LogP contribution in [0.2, 0.25) is 0 Å². The van der Waals surface area contributed by atoms with E-state index in [2.05, 4.69) is 0 Å². The van der Waals surface area contributed by atoms with Gasteiger partial charge >= 0.3 is 0 Å². The van der Waals surface area contributed by atoms with Crippen molar-refractivity contribution < 1.29 is 28.1 Å². The molecule has 6 aromatic rings. The fourth-order valence-corrected chi connectivity index (χ4v) is 6.68. The summed E-state index contributed by atoms with van der Waals surface area (Å²) in [6, 6.07) is 42.1. The molecule has 0 saturated heterocycles. The van der Waals surface area contributed by atoms with E-state index < -0.39 is 9.84 Å². The number of hydrogen-bond donors (Lipinski definition) is 2. The van der Waals surface area contributed by atoms with Crippen LogP contribution in [0.4, 0.5) is 0 Å². The zero-order chi connectivity index (χ0) is 31.2. The number of rotatable bonds is 10. The summed E-state index contributed by atoms with van der Waals surface area (Å²) in [5, 5.41) is 20.7. The lowest BCUT2D eigenvalue weighted by atomic mass is 10.0. The lowest BCUT2D eigenvalue weighted by Gasteiger charge is -2.16. The Bertz CT molecular complexity index is 1860. The highest BCUT2D eigenvalue weighted by atomic mass is 32.2. The first-order valence-corrected chi connectivity index (χ1v) is 15.8. The average Bonchev–Trinajstić information content (AvgIpc) is 3.07. The van der Waals surface area contributed by atoms with Crippen molar-refractivity contribution >= 4 is 9.84 Å². The van der Waals surface area contributed by atoms with Crippen LogP contribution in [0, 0.1) is 0 Å². The summed E-state index contributed by atoms with van der Waals surface area (Å²) in [5.74, 6) is 1.13. The molecule has 0 amide bonds. The molecule has 0 saturated carbocycles. The summed E-state index contributed by atoms with van der Waals surface area (Å²) < 4.78 is 40.4. The summed E-state index contributed by atoms with van der Waals surface area (Å²) in [7, 11) is -4.13. The second-order valence-corrected chi connectivity index (χ2v) is 12.3. The number of phenols is 2. The number of hydrogen-bond acceptors (Lipinski definition) is 6. The van der Waals surface area contributed by atoms with Crippen molar-refractivity contribution in [2.75, 3.05) is 0 Å². The van der Waals surface area contributed by atoms with E-state index in [9.17, 15) is 18.6 Å². The third kappa shape index (κ3) is 6.84. The Kier molecular flexibility index (Phi) is 8.53. The Morgan fingerprint density at radius 2 is 0.844 bits per heavy atom. The Morgan fingerprint density at radius 3 is 1.22 bits per heavy atom. The minimum absolute atomic E-state index is 0.0213. The monoisotopic (exact) mass is 614 g/mol. The zero-order valence-electron chi connectivity index (χ0n) is 24.2. The molecule has 6 rings (SSSR count). The van der Waals surface area contributed by atoms with E-state index in [1.807, 2.05) is 60.7 Å². The van der Waals surface area contributed by atoms with Crippen LogP contribution in [-0.4, -0.2) is 18.6 Å². The molecule has 6 aromatic carbocycles. The van der Waals surface area contributed by atoms with Crippen molar-refractivity contribution in [3.63, 3.8) is 0 Å². The molecule has 0 aliphatic carbocycles.